The number of hydrogen-bond acceptors (Lipinski definition) is 3. The van der Waals surface area contributed by atoms with E-state index in [0.717, 1.165) is 5.56 Å². The van der Waals surface area contributed by atoms with Crippen LogP contribution >= 0.6 is 0 Å². The molecule has 0 fully saturated rings. The SMILES string of the molecule is O=C(N/C=C/c1ccccc1)Nc1ncn[nH]1. The molecule has 86 valence electrons. The lowest BCUT2D eigenvalue weighted by Crippen LogP contribution is -2.24. The van der Waals surface area contributed by atoms with Crippen LogP contribution in [-0.4, -0.2) is 21.2 Å². The van der Waals surface area contributed by atoms with Gasteiger partial charge in [0.25, 0.3) is 0 Å². The summed E-state index contributed by atoms with van der Waals surface area (Å²) in [5.41, 5.74) is 1.01. The smallest absolute Gasteiger partial charge is 0.314 e. The summed E-state index contributed by atoms with van der Waals surface area (Å²) in [6.07, 6.45) is 4.66. The third-order valence-corrected chi connectivity index (χ3v) is 1.94. The Kier molecular flexibility index (Phi) is 3.49. The number of carbonyl (C=O) groups is 1. The van der Waals surface area contributed by atoms with E-state index in [9.17, 15) is 4.79 Å². The van der Waals surface area contributed by atoms with Crippen molar-refractivity contribution in [2.45, 2.75) is 0 Å². The fourth-order valence-corrected chi connectivity index (χ4v) is 1.19. The number of hydrogen-bond donors (Lipinski definition) is 3. The predicted molar refractivity (Wildman–Crippen MR) is 64.0 cm³/mol. The van der Waals surface area contributed by atoms with Crippen molar-refractivity contribution in [3.05, 3.63) is 48.4 Å². The predicted octanol–water partition coefficient (Wildman–Crippen LogP) is 1.60. The van der Waals surface area contributed by atoms with Crippen molar-refractivity contribution < 1.29 is 4.79 Å². The molecule has 0 radical (unpaired) electrons. The fraction of sp³-hybridized carbons (Fsp3) is 0. The van der Waals surface area contributed by atoms with E-state index in [4.69, 9.17) is 0 Å². The molecule has 0 aliphatic heterocycles. The molecule has 0 aliphatic rings. The van der Waals surface area contributed by atoms with Gasteiger partial charge in [0.1, 0.15) is 6.33 Å². The molecule has 2 aromatic rings. The highest BCUT2D eigenvalue weighted by Gasteiger charge is 1.99. The Morgan fingerprint density at radius 2 is 2.12 bits per heavy atom. The lowest BCUT2D eigenvalue weighted by Gasteiger charge is -1.99. The molecule has 17 heavy (non-hydrogen) atoms. The molecule has 3 N–H and O–H groups in total. The summed E-state index contributed by atoms with van der Waals surface area (Å²) in [5, 5.41) is 11.2. The van der Waals surface area contributed by atoms with Crippen LogP contribution in [0.25, 0.3) is 6.08 Å². The standard InChI is InChI=1S/C11H11N5O/c17-11(15-10-13-8-14-16-10)12-7-6-9-4-2-1-3-5-9/h1-8H,(H3,12,13,14,15,16,17)/b7-6+. The van der Waals surface area contributed by atoms with Gasteiger partial charge in [-0.2, -0.15) is 10.1 Å². The zero-order valence-corrected chi connectivity index (χ0v) is 8.92. The highest BCUT2D eigenvalue weighted by atomic mass is 16.2. The van der Waals surface area contributed by atoms with Gasteiger partial charge in [0.2, 0.25) is 5.95 Å². The van der Waals surface area contributed by atoms with Gasteiger partial charge < -0.3 is 5.32 Å². The van der Waals surface area contributed by atoms with Gasteiger partial charge in [0.15, 0.2) is 0 Å². The molecule has 0 unspecified atom stereocenters. The molecular formula is C11H11N5O. The molecule has 1 aromatic heterocycles. The molecule has 6 heteroatoms. The Hall–Kier alpha value is -2.63. The highest BCUT2D eigenvalue weighted by molar-refractivity contribution is 5.88. The van der Waals surface area contributed by atoms with Crippen molar-refractivity contribution in [1.29, 1.82) is 0 Å². The normalized spacial score (nSPS) is 10.4. The van der Waals surface area contributed by atoms with Gasteiger partial charge >= 0.3 is 6.03 Å². The van der Waals surface area contributed by atoms with Crippen molar-refractivity contribution in [3.8, 4) is 0 Å². The van der Waals surface area contributed by atoms with E-state index in [1.54, 1.807) is 12.3 Å². The number of anilines is 1. The lowest BCUT2D eigenvalue weighted by molar-refractivity contribution is 0.255. The van der Waals surface area contributed by atoms with Crippen molar-refractivity contribution in [2.75, 3.05) is 5.32 Å². The second-order valence-corrected chi connectivity index (χ2v) is 3.18. The Morgan fingerprint density at radius 1 is 1.29 bits per heavy atom. The third kappa shape index (κ3) is 3.45. The Balaban J connectivity index is 1.82. The van der Waals surface area contributed by atoms with Crippen LogP contribution in [0.5, 0.6) is 0 Å². The van der Waals surface area contributed by atoms with Crippen LogP contribution in [-0.2, 0) is 0 Å². The molecule has 6 nitrogen and oxygen atoms in total. The highest BCUT2D eigenvalue weighted by Crippen LogP contribution is 1.99. The maximum Gasteiger partial charge on any atom is 0.325 e. The molecule has 2 rings (SSSR count). The van der Waals surface area contributed by atoms with Crippen molar-refractivity contribution in [3.63, 3.8) is 0 Å². The summed E-state index contributed by atoms with van der Waals surface area (Å²) in [5.74, 6) is 0.301. The number of benzene rings is 1. The first-order valence-electron chi connectivity index (χ1n) is 4.99. The molecule has 0 aliphatic carbocycles. The van der Waals surface area contributed by atoms with E-state index < -0.39 is 0 Å². The summed E-state index contributed by atoms with van der Waals surface area (Å²) in [4.78, 5) is 15.1. The van der Waals surface area contributed by atoms with Crippen LogP contribution in [0.2, 0.25) is 0 Å². The Bertz CT molecular complexity index is 492. The molecule has 1 aromatic carbocycles. The van der Waals surface area contributed by atoms with E-state index >= 15 is 0 Å². The number of amides is 2. The third-order valence-electron chi connectivity index (χ3n) is 1.94. The monoisotopic (exact) mass is 229 g/mol. The van der Waals surface area contributed by atoms with E-state index in [1.165, 1.54) is 6.33 Å². The average Bonchev–Trinajstić information content (AvgIpc) is 2.83. The topological polar surface area (TPSA) is 82.7 Å². The second kappa shape index (κ2) is 5.45. The van der Waals surface area contributed by atoms with Gasteiger partial charge in [-0.05, 0) is 11.6 Å². The Morgan fingerprint density at radius 3 is 2.82 bits per heavy atom. The maximum atomic E-state index is 11.3. The minimum atomic E-state index is -0.381. The zero-order valence-electron chi connectivity index (χ0n) is 8.92. The van der Waals surface area contributed by atoms with Crippen molar-refractivity contribution in [1.82, 2.24) is 20.5 Å². The minimum Gasteiger partial charge on any atom is -0.314 e. The maximum absolute atomic E-state index is 11.3. The first-order valence-corrected chi connectivity index (χ1v) is 4.99. The van der Waals surface area contributed by atoms with Gasteiger partial charge in [-0.3, -0.25) is 5.32 Å². The number of aromatic amines is 1. The van der Waals surface area contributed by atoms with Crippen molar-refractivity contribution in [2.24, 2.45) is 0 Å². The number of urea groups is 1. The average molecular weight is 229 g/mol. The number of carbonyl (C=O) groups excluding carboxylic acids is 1. The fourth-order valence-electron chi connectivity index (χ4n) is 1.19. The van der Waals surface area contributed by atoms with E-state index in [2.05, 4.69) is 25.8 Å². The lowest BCUT2D eigenvalue weighted by atomic mass is 10.2. The van der Waals surface area contributed by atoms with E-state index in [1.807, 2.05) is 30.3 Å². The molecule has 0 bridgehead atoms. The van der Waals surface area contributed by atoms with Crippen LogP contribution in [0.4, 0.5) is 10.7 Å². The molecule has 2 amide bonds. The summed E-state index contributed by atoms with van der Waals surface area (Å²) in [6.45, 7) is 0. The largest absolute Gasteiger partial charge is 0.325 e. The van der Waals surface area contributed by atoms with Gasteiger partial charge in [0.05, 0.1) is 0 Å². The quantitative estimate of drug-likeness (QED) is 0.747. The first-order chi connectivity index (χ1) is 8.34. The van der Waals surface area contributed by atoms with Crippen LogP contribution in [0.1, 0.15) is 5.56 Å². The van der Waals surface area contributed by atoms with E-state index in [-0.39, 0.29) is 6.03 Å². The zero-order chi connectivity index (χ0) is 11.9. The molecule has 0 saturated carbocycles. The summed E-state index contributed by atoms with van der Waals surface area (Å²) >= 11 is 0. The van der Waals surface area contributed by atoms with Crippen molar-refractivity contribution >= 4 is 18.1 Å². The van der Waals surface area contributed by atoms with Gasteiger partial charge in [-0.25, -0.2) is 9.89 Å². The summed E-state index contributed by atoms with van der Waals surface area (Å²) < 4.78 is 0. The Labute approximate surface area is 97.8 Å². The summed E-state index contributed by atoms with van der Waals surface area (Å²) in [6, 6.07) is 9.28. The molecule has 0 atom stereocenters. The van der Waals surface area contributed by atoms with Crippen LogP contribution in [0.15, 0.2) is 42.9 Å². The number of rotatable bonds is 3. The van der Waals surface area contributed by atoms with Crippen LogP contribution in [0, 0.1) is 0 Å². The van der Waals surface area contributed by atoms with Gasteiger partial charge in [-0.15, -0.1) is 0 Å². The van der Waals surface area contributed by atoms with Crippen LogP contribution < -0.4 is 10.6 Å². The minimum absolute atomic E-state index is 0.301. The number of nitrogens with one attached hydrogen (secondary N) is 3. The second-order valence-electron chi connectivity index (χ2n) is 3.18. The number of aromatic nitrogens is 3. The summed E-state index contributed by atoms with van der Waals surface area (Å²) in [7, 11) is 0. The molecule has 0 saturated heterocycles. The number of H-pyrrole nitrogens is 1. The molecular weight excluding hydrogens is 218 g/mol. The van der Waals surface area contributed by atoms with Gasteiger partial charge in [-0.1, -0.05) is 30.3 Å². The first kappa shape index (κ1) is 10.9. The van der Waals surface area contributed by atoms with Crippen LogP contribution in [0.3, 0.4) is 0 Å². The molecule has 1 heterocycles. The van der Waals surface area contributed by atoms with Gasteiger partial charge in [0, 0.05) is 6.20 Å². The van der Waals surface area contributed by atoms with E-state index in [0.29, 0.717) is 5.95 Å². The molecule has 0 spiro atoms. The number of nitrogens with zero attached hydrogens (tertiary/aromatic N) is 2.